The van der Waals surface area contributed by atoms with E-state index in [9.17, 15) is 4.79 Å². The second-order valence-electron chi connectivity index (χ2n) is 6.56. The highest BCUT2D eigenvalue weighted by molar-refractivity contribution is 6.04. The number of aromatic nitrogens is 5. The maximum atomic E-state index is 12.6. The molecule has 0 spiro atoms. The van der Waals surface area contributed by atoms with Gasteiger partial charge in [0.2, 0.25) is 0 Å². The van der Waals surface area contributed by atoms with E-state index < -0.39 is 0 Å². The van der Waals surface area contributed by atoms with E-state index in [-0.39, 0.29) is 5.91 Å². The summed E-state index contributed by atoms with van der Waals surface area (Å²) in [5.74, 6) is 1.98. The lowest BCUT2D eigenvalue weighted by Crippen LogP contribution is -2.19. The van der Waals surface area contributed by atoms with Crippen LogP contribution in [0.25, 0.3) is 11.4 Å². The summed E-state index contributed by atoms with van der Waals surface area (Å²) in [5, 5.41) is 14.1. The number of carbonyl (C=O) groups is 1. The van der Waals surface area contributed by atoms with Crippen LogP contribution in [0, 0.1) is 12.8 Å². The van der Waals surface area contributed by atoms with Crippen LogP contribution in [0.15, 0.2) is 36.8 Å². The van der Waals surface area contributed by atoms with E-state index in [1.807, 2.05) is 29.9 Å². The Hall–Kier alpha value is -2.96. The van der Waals surface area contributed by atoms with E-state index in [1.165, 1.54) is 19.2 Å². The number of anilines is 1. The molecule has 2 heterocycles. The Labute approximate surface area is 145 Å². The van der Waals surface area contributed by atoms with Gasteiger partial charge in [-0.3, -0.25) is 9.89 Å². The quantitative estimate of drug-likeness (QED) is 0.749. The van der Waals surface area contributed by atoms with Crippen molar-refractivity contribution in [1.29, 1.82) is 0 Å². The lowest BCUT2D eigenvalue weighted by atomic mass is 10.1. The van der Waals surface area contributed by atoms with Gasteiger partial charge in [0.15, 0.2) is 5.82 Å². The molecule has 128 valence electrons. The highest BCUT2D eigenvalue weighted by Crippen LogP contribution is 2.40. The van der Waals surface area contributed by atoms with Gasteiger partial charge in [0, 0.05) is 16.7 Å². The average Bonchev–Trinajstić information content (AvgIpc) is 3.22. The van der Waals surface area contributed by atoms with Crippen LogP contribution in [0.5, 0.6) is 0 Å². The molecule has 1 fully saturated rings. The number of H-pyrrole nitrogens is 1. The number of carbonyl (C=O) groups excluding carboxylic acids is 1. The molecule has 0 bridgehead atoms. The Morgan fingerprint density at radius 3 is 2.72 bits per heavy atom. The molecule has 3 aromatic rings. The molecular formula is C18H20N6O. The Morgan fingerprint density at radius 1 is 1.32 bits per heavy atom. The predicted molar refractivity (Wildman–Crippen MR) is 94.2 cm³/mol. The number of hydrogen-bond acceptors (Lipinski definition) is 4. The summed E-state index contributed by atoms with van der Waals surface area (Å²) in [5.41, 5.74) is 2.45. The van der Waals surface area contributed by atoms with Gasteiger partial charge in [0.25, 0.3) is 5.91 Å². The molecule has 2 aromatic heterocycles. The van der Waals surface area contributed by atoms with E-state index in [1.54, 1.807) is 12.1 Å². The first-order valence-electron chi connectivity index (χ1n) is 8.44. The lowest BCUT2D eigenvalue weighted by molar-refractivity contribution is 0.102. The number of nitrogens with zero attached hydrogens (tertiary/aromatic N) is 4. The zero-order chi connectivity index (χ0) is 17.4. The summed E-state index contributed by atoms with van der Waals surface area (Å²) >= 11 is 0. The number of amides is 1. The van der Waals surface area contributed by atoms with Crippen molar-refractivity contribution < 1.29 is 4.79 Å². The summed E-state index contributed by atoms with van der Waals surface area (Å²) < 4.78 is 1.94. The topological polar surface area (TPSA) is 88.5 Å². The van der Waals surface area contributed by atoms with E-state index in [0.29, 0.717) is 23.3 Å². The molecule has 1 aliphatic rings. The van der Waals surface area contributed by atoms with Gasteiger partial charge in [-0.2, -0.15) is 10.2 Å². The predicted octanol–water partition coefficient (Wildman–Crippen LogP) is 3.20. The van der Waals surface area contributed by atoms with Crippen molar-refractivity contribution >= 4 is 11.7 Å². The maximum absolute atomic E-state index is 12.6. The molecule has 1 unspecified atom stereocenters. The van der Waals surface area contributed by atoms with Gasteiger partial charge in [0.1, 0.15) is 12.1 Å². The zero-order valence-corrected chi connectivity index (χ0v) is 14.2. The molecular weight excluding hydrogens is 316 g/mol. The highest BCUT2D eigenvalue weighted by Gasteiger charge is 2.31. The first-order chi connectivity index (χ1) is 12.1. The van der Waals surface area contributed by atoms with Crippen LogP contribution in [0.3, 0.4) is 0 Å². The molecule has 1 saturated carbocycles. The van der Waals surface area contributed by atoms with Crippen LogP contribution in [0.2, 0.25) is 0 Å². The minimum atomic E-state index is -0.142. The zero-order valence-electron chi connectivity index (χ0n) is 14.2. The van der Waals surface area contributed by atoms with Crippen molar-refractivity contribution in [3.8, 4) is 11.4 Å². The molecule has 25 heavy (non-hydrogen) atoms. The molecule has 0 saturated heterocycles. The fourth-order valence-corrected chi connectivity index (χ4v) is 3.00. The normalized spacial score (nSPS) is 15.1. The molecule has 4 rings (SSSR count). The Balaban J connectivity index is 1.53. The fraction of sp³-hybridized carbons (Fsp3) is 0.333. The van der Waals surface area contributed by atoms with Crippen LogP contribution in [-0.4, -0.2) is 30.9 Å². The highest BCUT2D eigenvalue weighted by atomic mass is 16.1. The van der Waals surface area contributed by atoms with Gasteiger partial charge < -0.3 is 5.32 Å². The number of hydrogen-bond donors (Lipinski definition) is 2. The Kier molecular flexibility index (Phi) is 3.83. The number of benzene rings is 1. The van der Waals surface area contributed by atoms with Crippen LogP contribution in [0.4, 0.5) is 5.82 Å². The summed E-state index contributed by atoms with van der Waals surface area (Å²) in [7, 11) is 0. The largest absolute Gasteiger partial charge is 0.307 e. The summed E-state index contributed by atoms with van der Waals surface area (Å²) in [6, 6.07) is 7.58. The average molecular weight is 336 g/mol. The molecule has 1 amide bonds. The van der Waals surface area contributed by atoms with Gasteiger partial charge in [-0.15, -0.1) is 0 Å². The van der Waals surface area contributed by atoms with E-state index in [4.69, 9.17) is 0 Å². The molecule has 0 aliphatic heterocycles. The van der Waals surface area contributed by atoms with Gasteiger partial charge >= 0.3 is 0 Å². The SMILES string of the molecule is Cc1cnn(C(C)C2CC2)c1NC(=O)c1ccc(-c2ncn[nH]2)cc1. The monoisotopic (exact) mass is 336 g/mol. The minimum absolute atomic E-state index is 0.142. The Bertz CT molecular complexity index is 877. The first-order valence-corrected chi connectivity index (χ1v) is 8.44. The molecule has 1 atom stereocenters. The van der Waals surface area contributed by atoms with Crippen molar-refractivity contribution in [3.05, 3.63) is 47.9 Å². The van der Waals surface area contributed by atoms with Crippen molar-refractivity contribution in [2.75, 3.05) is 5.32 Å². The number of aromatic amines is 1. The van der Waals surface area contributed by atoms with Gasteiger partial charge in [0.05, 0.1) is 12.2 Å². The third-order valence-corrected chi connectivity index (χ3v) is 4.74. The van der Waals surface area contributed by atoms with E-state index >= 15 is 0 Å². The fourth-order valence-electron chi connectivity index (χ4n) is 3.00. The minimum Gasteiger partial charge on any atom is -0.307 e. The number of rotatable bonds is 5. The van der Waals surface area contributed by atoms with Crippen molar-refractivity contribution in [1.82, 2.24) is 25.0 Å². The van der Waals surface area contributed by atoms with Gasteiger partial charge in [-0.1, -0.05) is 12.1 Å². The summed E-state index contributed by atoms with van der Waals surface area (Å²) in [6.07, 6.45) is 5.73. The Morgan fingerprint density at radius 2 is 2.08 bits per heavy atom. The van der Waals surface area contributed by atoms with Crippen molar-refractivity contribution in [2.24, 2.45) is 5.92 Å². The van der Waals surface area contributed by atoms with Crippen molar-refractivity contribution in [3.63, 3.8) is 0 Å². The third kappa shape index (κ3) is 3.05. The lowest BCUT2D eigenvalue weighted by Gasteiger charge is -2.16. The van der Waals surface area contributed by atoms with Crippen LogP contribution >= 0.6 is 0 Å². The van der Waals surface area contributed by atoms with Crippen LogP contribution in [0.1, 0.15) is 41.7 Å². The molecule has 2 N–H and O–H groups in total. The van der Waals surface area contributed by atoms with Gasteiger partial charge in [-0.05, 0) is 44.7 Å². The maximum Gasteiger partial charge on any atom is 0.256 e. The van der Waals surface area contributed by atoms with E-state index in [2.05, 4.69) is 32.5 Å². The van der Waals surface area contributed by atoms with Crippen LogP contribution < -0.4 is 5.32 Å². The second-order valence-corrected chi connectivity index (χ2v) is 6.56. The molecule has 7 heteroatoms. The number of aryl methyl sites for hydroxylation is 1. The van der Waals surface area contributed by atoms with Crippen molar-refractivity contribution in [2.45, 2.75) is 32.7 Å². The number of nitrogens with one attached hydrogen (secondary N) is 2. The smallest absolute Gasteiger partial charge is 0.256 e. The van der Waals surface area contributed by atoms with Gasteiger partial charge in [-0.25, -0.2) is 9.67 Å². The first kappa shape index (κ1) is 15.6. The standard InChI is InChI=1S/C18H20N6O/c1-11-9-21-24(12(2)13-3-4-13)17(11)22-18(25)15-7-5-14(6-8-15)16-19-10-20-23-16/h5-10,12-13H,3-4H2,1-2H3,(H,22,25)(H,19,20,23). The second kappa shape index (κ2) is 6.16. The molecule has 7 nitrogen and oxygen atoms in total. The summed E-state index contributed by atoms with van der Waals surface area (Å²) in [6.45, 7) is 4.12. The molecule has 1 aromatic carbocycles. The molecule has 0 radical (unpaired) electrons. The third-order valence-electron chi connectivity index (χ3n) is 4.74. The summed E-state index contributed by atoms with van der Waals surface area (Å²) in [4.78, 5) is 16.7. The molecule has 1 aliphatic carbocycles. The van der Waals surface area contributed by atoms with E-state index in [0.717, 1.165) is 16.9 Å². The van der Waals surface area contributed by atoms with Crippen LogP contribution in [-0.2, 0) is 0 Å².